The molecule has 0 aromatic heterocycles. The van der Waals surface area contributed by atoms with E-state index in [-0.39, 0.29) is 18.8 Å². The summed E-state index contributed by atoms with van der Waals surface area (Å²) in [5.74, 6) is 2.19. The van der Waals surface area contributed by atoms with E-state index < -0.39 is 6.04 Å². The summed E-state index contributed by atoms with van der Waals surface area (Å²) in [4.78, 5) is 14.0. The van der Waals surface area contributed by atoms with Gasteiger partial charge in [-0.3, -0.25) is 4.90 Å². The van der Waals surface area contributed by atoms with Gasteiger partial charge >= 0.3 is 0 Å². The number of hydrogen-bond acceptors (Lipinski definition) is 6. The molecule has 2 heterocycles. The second-order valence-electron chi connectivity index (χ2n) is 6.53. The predicted octanol–water partition coefficient (Wildman–Crippen LogP) is 2.81. The molecule has 1 unspecified atom stereocenters. The Labute approximate surface area is 141 Å². The molecule has 128 valence electrons. The van der Waals surface area contributed by atoms with E-state index in [9.17, 15) is 4.91 Å². The van der Waals surface area contributed by atoms with Gasteiger partial charge in [0.25, 0.3) is 0 Å². The molecule has 1 aromatic carbocycles. The van der Waals surface area contributed by atoms with Gasteiger partial charge in [-0.05, 0) is 48.7 Å². The standard InChI is InChI=1S/C18H22N2O4/c1-3-5-20-6-4-11-7-14-15(24-10-23-14)8-12(11)17-13(20)9-16(22-2)18(17)19-21/h7-9,13,17-18H,3-6,10H2,1-2H3/t13-,17?,18+/m0/s1. The van der Waals surface area contributed by atoms with Crippen LogP contribution in [-0.4, -0.2) is 44.0 Å². The van der Waals surface area contributed by atoms with Gasteiger partial charge in [0.05, 0.1) is 7.11 Å². The predicted molar refractivity (Wildman–Crippen MR) is 89.3 cm³/mol. The molecule has 1 aliphatic carbocycles. The molecule has 0 radical (unpaired) electrons. The molecule has 0 amide bonds. The van der Waals surface area contributed by atoms with Crippen molar-refractivity contribution in [2.24, 2.45) is 5.18 Å². The second kappa shape index (κ2) is 6.09. The minimum atomic E-state index is -0.489. The maximum atomic E-state index is 11.6. The third-order valence-electron chi connectivity index (χ3n) is 5.28. The van der Waals surface area contributed by atoms with Gasteiger partial charge in [-0.25, -0.2) is 0 Å². The van der Waals surface area contributed by atoms with Gasteiger partial charge in [-0.1, -0.05) is 12.1 Å². The van der Waals surface area contributed by atoms with E-state index in [4.69, 9.17) is 14.2 Å². The van der Waals surface area contributed by atoms with Crippen LogP contribution in [0, 0.1) is 4.91 Å². The Hall–Kier alpha value is -2.08. The van der Waals surface area contributed by atoms with E-state index in [1.54, 1.807) is 7.11 Å². The first kappa shape index (κ1) is 15.4. The summed E-state index contributed by atoms with van der Waals surface area (Å²) in [7, 11) is 1.61. The van der Waals surface area contributed by atoms with Crippen molar-refractivity contribution >= 4 is 0 Å². The summed E-state index contributed by atoms with van der Waals surface area (Å²) in [5.41, 5.74) is 2.35. The molecule has 0 fully saturated rings. The lowest BCUT2D eigenvalue weighted by molar-refractivity contribution is 0.173. The zero-order valence-corrected chi connectivity index (χ0v) is 14.0. The van der Waals surface area contributed by atoms with Crippen molar-refractivity contribution in [1.82, 2.24) is 4.90 Å². The molecule has 0 N–H and O–H groups in total. The van der Waals surface area contributed by atoms with Gasteiger partial charge in [-0.15, -0.1) is 0 Å². The highest BCUT2D eigenvalue weighted by Crippen LogP contribution is 2.46. The highest BCUT2D eigenvalue weighted by Gasteiger charge is 2.45. The first-order valence-electron chi connectivity index (χ1n) is 8.51. The normalized spacial score (nSPS) is 27.9. The number of benzene rings is 1. The zero-order valence-electron chi connectivity index (χ0n) is 14.0. The molecule has 3 aliphatic rings. The average molecular weight is 330 g/mol. The topological polar surface area (TPSA) is 60.4 Å². The Balaban J connectivity index is 1.82. The van der Waals surface area contributed by atoms with Crippen LogP contribution in [-0.2, 0) is 11.2 Å². The number of nitrogens with zero attached hydrogens (tertiary/aromatic N) is 2. The van der Waals surface area contributed by atoms with Gasteiger partial charge in [0.2, 0.25) is 6.79 Å². The summed E-state index contributed by atoms with van der Waals surface area (Å²) in [6.45, 7) is 4.36. The second-order valence-corrected chi connectivity index (χ2v) is 6.53. The molecule has 6 heteroatoms. The van der Waals surface area contributed by atoms with Crippen LogP contribution in [0.5, 0.6) is 11.5 Å². The van der Waals surface area contributed by atoms with Crippen LogP contribution in [0.15, 0.2) is 29.1 Å². The summed E-state index contributed by atoms with van der Waals surface area (Å²) in [5, 5.41) is 3.41. The van der Waals surface area contributed by atoms with Crippen LogP contribution in [0.1, 0.15) is 30.4 Å². The molecule has 0 saturated carbocycles. The van der Waals surface area contributed by atoms with Crippen LogP contribution >= 0.6 is 0 Å². The van der Waals surface area contributed by atoms with E-state index in [2.05, 4.69) is 29.1 Å². The summed E-state index contributed by atoms with van der Waals surface area (Å²) < 4.78 is 16.6. The van der Waals surface area contributed by atoms with Crippen LogP contribution < -0.4 is 9.47 Å². The third-order valence-corrected chi connectivity index (χ3v) is 5.28. The fourth-order valence-electron chi connectivity index (χ4n) is 4.21. The largest absolute Gasteiger partial charge is 0.499 e. The molecule has 0 saturated heterocycles. The molecule has 3 atom stereocenters. The average Bonchev–Trinajstić information content (AvgIpc) is 3.17. The van der Waals surface area contributed by atoms with Crippen molar-refractivity contribution < 1.29 is 14.2 Å². The van der Waals surface area contributed by atoms with Crippen LogP contribution in [0.3, 0.4) is 0 Å². The lowest BCUT2D eigenvalue weighted by Gasteiger charge is -2.30. The van der Waals surface area contributed by atoms with Crippen LogP contribution in [0.25, 0.3) is 0 Å². The lowest BCUT2D eigenvalue weighted by atomic mass is 9.86. The van der Waals surface area contributed by atoms with Gasteiger partial charge in [0, 0.05) is 18.5 Å². The van der Waals surface area contributed by atoms with Crippen molar-refractivity contribution in [3.8, 4) is 11.5 Å². The molecule has 0 spiro atoms. The molecule has 4 rings (SSSR count). The van der Waals surface area contributed by atoms with E-state index in [1.165, 1.54) is 5.56 Å². The van der Waals surface area contributed by atoms with Gasteiger partial charge in [0.15, 0.2) is 17.5 Å². The van der Waals surface area contributed by atoms with Crippen LogP contribution in [0.4, 0.5) is 0 Å². The van der Waals surface area contributed by atoms with Crippen LogP contribution in [0.2, 0.25) is 0 Å². The molecular formula is C18H22N2O4. The molecular weight excluding hydrogens is 308 g/mol. The van der Waals surface area contributed by atoms with Gasteiger partial charge in [-0.2, -0.15) is 4.91 Å². The summed E-state index contributed by atoms with van der Waals surface area (Å²) >= 11 is 0. The lowest BCUT2D eigenvalue weighted by Crippen LogP contribution is -2.38. The van der Waals surface area contributed by atoms with Crippen molar-refractivity contribution in [2.45, 2.75) is 37.8 Å². The Bertz CT molecular complexity index is 688. The van der Waals surface area contributed by atoms with Crippen molar-refractivity contribution in [3.63, 3.8) is 0 Å². The number of rotatable bonds is 4. The van der Waals surface area contributed by atoms with E-state index in [0.29, 0.717) is 5.76 Å². The Morgan fingerprint density at radius 1 is 1.33 bits per heavy atom. The smallest absolute Gasteiger partial charge is 0.231 e. The minimum absolute atomic E-state index is 0.0315. The SMILES string of the molecule is CCCN1CCc2cc3c(cc2C2[C@H](N=O)C(OC)=C[C@@H]21)OCO3. The first-order chi connectivity index (χ1) is 11.8. The maximum absolute atomic E-state index is 11.6. The third kappa shape index (κ3) is 2.28. The zero-order chi connectivity index (χ0) is 16.7. The molecule has 2 aliphatic heterocycles. The number of fused-ring (bicyclic) bond motifs is 4. The number of methoxy groups -OCH3 is 1. The summed E-state index contributed by atoms with van der Waals surface area (Å²) in [6.07, 6.45) is 4.07. The van der Waals surface area contributed by atoms with E-state index in [1.807, 2.05) is 6.07 Å². The quantitative estimate of drug-likeness (QED) is 0.795. The maximum Gasteiger partial charge on any atom is 0.231 e. The van der Waals surface area contributed by atoms with Gasteiger partial charge in [0.1, 0.15) is 5.76 Å². The number of hydrogen-bond donors (Lipinski definition) is 0. The minimum Gasteiger partial charge on any atom is -0.499 e. The molecule has 1 aromatic rings. The van der Waals surface area contributed by atoms with Crippen molar-refractivity contribution in [2.75, 3.05) is 27.0 Å². The number of nitroso groups, excluding NO2 is 1. The summed E-state index contributed by atoms with van der Waals surface area (Å²) in [6, 6.07) is 3.74. The Kier molecular flexibility index (Phi) is 3.92. The van der Waals surface area contributed by atoms with Crippen molar-refractivity contribution in [1.29, 1.82) is 0 Å². The molecule has 0 bridgehead atoms. The van der Waals surface area contributed by atoms with Gasteiger partial charge < -0.3 is 14.2 Å². The highest BCUT2D eigenvalue weighted by atomic mass is 16.7. The Morgan fingerprint density at radius 2 is 2.12 bits per heavy atom. The fraction of sp³-hybridized carbons (Fsp3) is 0.556. The first-order valence-corrected chi connectivity index (χ1v) is 8.51. The Morgan fingerprint density at radius 3 is 2.83 bits per heavy atom. The van der Waals surface area contributed by atoms with E-state index in [0.717, 1.165) is 43.0 Å². The molecule has 6 nitrogen and oxygen atoms in total. The van der Waals surface area contributed by atoms with E-state index >= 15 is 0 Å². The highest BCUT2D eigenvalue weighted by molar-refractivity contribution is 5.53. The fourth-order valence-corrected chi connectivity index (χ4v) is 4.21. The monoisotopic (exact) mass is 330 g/mol. The molecule has 24 heavy (non-hydrogen) atoms. The van der Waals surface area contributed by atoms with Crippen molar-refractivity contribution in [3.05, 3.63) is 40.0 Å². The number of ether oxygens (including phenoxy) is 3.